The zero-order valence-electron chi connectivity index (χ0n) is 17.7. The van der Waals surface area contributed by atoms with Crippen LogP contribution in [0.15, 0.2) is 103 Å². The van der Waals surface area contributed by atoms with E-state index in [0.29, 0.717) is 12.0 Å². The molecule has 1 aliphatic carbocycles. The van der Waals surface area contributed by atoms with E-state index < -0.39 is 7.92 Å². The van der Waals surface area contributed by atoms with Crippen LogP contribution in [0.3, 0.4) is 0 Å². The first-order valence-electron chi connectivity index (χ1n) is 10.3. The van der Waals surface area contributed by atoms with Gasteiger partial charge >= 0.3 is 0 Å². The molecule has 148 valence electrons. The van der Waals surface area contributed by atoms with Crippen LogP contribution in [0, 0.1) is 5.92 Å². The number of rotatable bonds is 5. The lowest BCUT2D eigenvalue weighted by molar-refractivity contribution is -0.723. The molecule has 29 heavy (non-hydrogen) atoms. The van der Waals surface area contributed by atoms with Gasteiger partial charge in [-0.2, -0.15) is 0 Å². The van der Waals surface area contributed by atoms with E-state index in [2.05, 4.69) is 134 Å². The Bertz CT molecular complexity index is 970. The average Bonchev–Trinajstić information content (AvgIpc) is 3.39. The highest BCUT2D eigenvalue weighted by atomic mass is 31.1. The summed E-state index contributed by atoms with van der Waals surface area (Å²) in [4.78, 5) is 0. The molecule has 2 aromatic carbocycles. The first-order valence-corrected chi connectivity index (χ1v) is 11.7. The number of aromatic nitrogens is 2. The van der Waals surface area contributed by atoms with Crippen molar-refractivity contribution in [1.82, 2.24) is 4.57 Å². The molecule has 3 heteroatoms. The van der Waals surface area contributed by atoms with E-state index in [-0.39, 0.29) is 5.54 Å². The average molecular weight is 402 g/mol. The summed E-state index contributed by atoms with van der Waals surface area (Å²) in [5.74, 6) is 0.391. The van der Waals surface area contributed by atoms with Gasteiger partial charge in [0.15, 0.2) is 0 Å². The molecule has 3 aromatic rings. The Labute approximate surface area is 176 Å². The highest BCUT2D eigenvalue weighted by Gasteiger charge is 2.33. The fourth-order valence-corrected chi connectivity index (χ4v) is 6.58. The Morgan fingerprint density at radius 1 is 0.931 bits per heavy atom. The monoisotopic (exact) mass is 401 g/mol. The molecule has 4 rings (SSSR count). The number of hydrogen-bond donors (Lipinski definition) is 0. The van der Waals surface area contributed by atoms with Crippen molar-refractivity contribution in [3.05, 3.63) is 103 Å². The Morgan fingerprint density at radius 3 is 2.03 bits per heavy atom. The molecular weight excluding hydrogens is 371 g/mol. The van der Waals surface area contributed by atoms with E-state index in [0.717, 1.165) is 0 Å². The first-order chi connectivity index (χ1) is 13.9. The summed E-state index contributed by atoms with van der Waals surface area (Å²) in [6.07, 6.45) is 13.6. The number of imidazole rings is 1. The molecule has 0 spiro atoms. The van der Waals surface area contributed by atoms with Crippen LogP contribution in [-0.2, 0) is 5.54 Å². The Balaban J connectivity index is 1.70. The highest BCUT2D eigenvalue weighted by Crippen LogP contribution is 2.50. The van der Waals surface area contributed by atoms with Crippen molar-refractivity contribution < 1.29 is 4.57 Å². The molecule has 0 saturated heterocycles. The molecule has 2 atom stereocenters. The summed E-state index contributed by atoms with van der Waals surface area (Å²) in [5.41, 5.74) is 0.0931. The van der Waals surface area contributed by atoms with Gasteiger partial charge in [-0.25, -0.2) is 9.13 Å². The van der Waals surface area contributed by atoms with Gasteiger partial charge in [-0.05, 0) is 51.5 Å². The van der Waals surface area contributed by atoms with Crippen molar-refractivity contribution in [3.63, 3.8) is 0 Å². The number of nitrogens with zero attached hydrogens (tertiary/aromatic N) is 2. The van der Waals surface area contributed by atoms with Crippen LogP contribution >= 0.6 is 7.92 Å². The van der Waals surface area contributed by atoms with Crippen molar-refractivity contribution in [1.29, 1.82) is 0 Å². The summed E-state index contributed by atoms with van der Waals surface area (Å²) in [7, 11) is -0.551. The number of allylic oxidation sites excluding steroid dienone is 4. The molecule has 0 amide bonds. The minimum absolute atomic E-state index is 0.0931. The molecule has 1 heterocycles. The van der Waals surface area contributed by atoms with E-state index in [1.165, 1.54) is 15.9 Å². The lowest BCUT2D eigenvalue weighted by Crippen LogP contribution is -2.40. The zero-order chi connectivity index (χ0) is 20.4. The fraction of sp³-hybridized carbons (Fsp3) is 0.269. The molecule has 0 saturated carbocycles. The van der Waals surface area contributed by atoms with Crippen molar-refractivity contribution in [2.45, 2.75) is 39.3 Å². The van der Waals surface area contributed by atoms with Gasteiger partial charge in [-0.3, -0.25) is 0 Å². The topological polar surface area (TPSA) is 8.81 Å². The maximum atomic E-state index is 2.38. The van der Waals surface area contributed by atoms with E-state index in [1.807, 2.05) is 0 Å². The molecule has 0 fully saturated rings. The molecule has 1 unspecified atom stereocenters. The van der Waals surface area contributed by atoms with E-state index in [4.69, 9.17) is 0 Å². The van der Waals surface area contributed by atoms with E-state index in [1.54, 1.807) is 0 Å². The van der Waals surface area contributed by atoms with Gasteiger partial charge in [0.2, 0.25) is 6.33 Å². The van der Waals surface area contributed by atoms with Gasteiger partial charge in [0.25, 0.3) is 0 Å². The standard InChI is InChI=1S/C26H30N2P/c1-21(27-18-19-28(20-27)26(2,3)4)24-16-11-17-25(24)29(22-12-7-5-8-13-22)23-14-9-6-10-15-23/h5-21,24H,1-4H3/q+1/t21-,24?/m1/s1. The zero-order valence-corrected chi connectivity index (χ0v) is 18.6. The summed E-state index contributed by atoms with van der Waals surface area (Å²) in [6, 6.07) is 22.3. The maximum absolute atomic E-state index is 2.38. The lowest BCUT2D eigenvalue weighted by atomic mass is 10.0. The first kappa shape index (κ1) is 19.9. The van der Waals surface area contributed by atoms with E-state index in [9.17, 15) is 0 Å². The van der Waals surface area contributed by atoms with Crippen LogP contribution in [0.25, 0.3) is 0 Å². The van der Waals surface area contributed by atoms with Crippen LogP contribution in [0.1, 0.15) is 33.7 Å². The summed E-state index contributed by atoms with van der Waals surface area (Å²) >= 11 is 0. The van der Waals surface area contributed by atoms with Crippen LogP contribution in [0.4, 0.5) is 0 Å². The predicted octanol–water partition coefficient (Wildman–Crippen LogP) is 5.29. The van der Waals surface area contributed by atoms with Crippen LogP contribution < -0.4 is 15.2 Å². The van der Waals surface area contributed by atoms with Crippen molar-refractivity contribution >= 4 is 18.5 Å². The summed E-state index contributed by atoms with van der Waals surface area (Å²) in [5, 5.41) is 4.36. The van der Waals surface area contributed by atoms with Gasteiger partial charge in [0, 0.05) is 5.92 Å². The van der Waals surface area contributed by atoms with Gasteiger partial charge in [-0.15, -0.1) is 0 Å². The SMILES string of the molecule is C[C@H](C1C=CC=C1P(c1ccccc1)c1ccccc1)[n+]1ccn(C(C)(C)C)c1. The largest absolute Gasteiger partial charge is 0.244 e. The third kappa shape index (κ3) is 4.14. The molecule has 1 aliphatic rings. The van der Waals surface area contributed by atoms with Crippen molar-refractivity contribution in [2.24, 2.45) is 5.92 Å². The predicted molar refractivity (Wildman–Crippen MR) is 124 cm³/mol. The second-order valence-electron chi connectivity index (χ2n) is 8.69. The third-order valence-electron chi connectivity index (χ3n) is 5.64. The fourth-order valence-electron chi connectivity index (χ4n) is 3.91. The minimum atomic E-state index is -0.551. The number of benzene rings is 2. The van der Waals surface area contributed by atoms with Gasteiger partial charge in [0.05, 0.1) is 0 Å². The Morgan fingerprint density at radius 2 is 1.52 bits per heavy atom. The molecule has 0 radical (unpaired) electrons. The molecular formula is C26H30N2P+. The summed E-state index contributed by atoms with van der Waals surface area (Å²) < 4.78 is 4.66. The third-order valence-corrected chi connectivity index (χ3v) is 8.23. The normalized spacial score (nSPS) is 17.6. The van der Waals surface area contributed by atoms with Crippen molar-refractivity contribution in [2.75, 3.05) is 0 Å². The molecule has 0 aliphatic heterocycles. The van der Waals surface area contributed by atoms with Gasteiger partial charge in [-0.1, -0.05) is 78.9 Å². The van der Waals surface area contributed by atoms with E-state index >= 15 is 0 Å². The Hall–Kier alpha value is -2.44. The quantitative estimate of drug-likeness (QED) is 0.406. The van der Waals surface area contributed by atoms with Crippen LogP contribution in [-0.4, -0.2) is 4.57 Å². The number of hydrogen-bond acceptors (Lipinski definition) is 0. The van der Waals surface area contributed by atoms with Gasteiger partial charge < -0.3 is 0 Å². The molecule has 1 aromatic heterocycles. The smallest absolute Gasteiger partial charge is 0.233 e. The molecule has 0 bridgehead atoms. The second kappa shape index (κ2) is 8.13. The molecule has 2 nitrogen and oxygen atoms in total. The molecule has 0 N–H and O–H groups in total. The van der Waals surface area contributed by atoms with Crippen LogP contribution in [0.5, 0.6) is 0 Å². The second-order valence-corrected chi connectivity index (χ2v) is 10.9. The minimum Gasteiger partial charge on any atom is -0.233 e. The lowest BCUT2D eigenvalue weighted by Gasteiger charge is -2.27. The van der Waals surface area contributed by atoms with Crippen molar-refractivity contribution in [3.8, 4) is 0 Å². The maximum Gasteiger partial charge on any atom is 0.244 e. The van der Waals surface area contributed by atoms with Gasteiger partial charge in [0.1, 0.15) is 24.0 Å². The Kier molecular flexibility index (Phi) is 5.56. The highest BCUT2D eigenvalue weighted by molar-refractivity contribution is 7.76. The summed E-state index contributed by atoms with van der Waals surface area (Å²) in [6.45, 7) is 9.07. The van der Waals surface area contributed by atoms with Crippen LogP contribution in [0.2, 0.25) is 0 Å².